The van der Waals surface area contributed by atoms with Crippen LogP contribution in [-0.2, 0) is 21.1 Å². The Kier molecular flexibility index (Phi) is 12.8. The highest BCUT2D eigenvalue weighted by molar-refractivity contribution is 6.01. The molecule has 3 aromatic rings. The number of amides is 1. The molecule has 1 aliphatic heterocycles. The highest BCUT2D eigenvalue weighted by Gasteiger charge is 2.32. The van der Waals surface area contributed by atoms with Gasteiger partial charge < -0.3 is 15.0 Å². The van der Waals surface area contributed by atoms with E-state index in [4.69, 9.17) is 4.74 Å². The van der Waals surface area contributed by atoms with Gasteiger partial charge in [0.1, 0.15) is 0 Å². The molecule has 1 heterocycles. The smallest absolute Gasteiger partial charge is 0.416 e. The summed E-state index contributed by atoms with van der Waals surface area (Å²) in [5.41, 5.74) is 1.74. The Morgan fingerprint density at radius 3 is 2.20 bits per heavy atom. The summed E-state index contributed by atoms with van der Waals surface area (Å²) < 4.78 is 44.7. The molecule has 1 atom stereocenters. The lowest BCUT2D eigenvalue weighted by Crippen LogP contribution is -2.45. The molecule has 1 saturated heterocycles. The van der Waals surface area contributed by atoms with Gasteiger partial charge in [0.05, 0.1) is 18.6 Å². The summed E-state index contributed by atoms with van der Waals surface area (Å²) in [4.78, 5) is 28.5. The second-order valence-corrected chi connectivity index (χ2v) is 12.7. The summed E-state index contributed by atoms with van der Waals surface area (Å²) >= 11 is 0. The summed E-state index contributed by atoms with van der Waals surface area (Å²) in [5.74, 6) is -0.357. The minimum Gasteiger partial charge on any atom is -0.466 e. The maximum atomic E-state index is 13.3. The van der Waals surface area contributed by atoms with Gasteiger partial charge in [0.25, 0.3) is 5.91 Å². The molecule has 0 spiro atoms. The molecule has 1 fully saturated rings. The summed E-state index contributed by atoms with van der Waals surface area (Å²) in [6, 6.07) is 22.2. The van der Waals surface area contributed by atoms with Crippen molar-refractivity contribution in [3.8, 4) is 11.1 Å². The van der Waals surface area contributed by atoms with Gasteiger partial charge in [-0.3, -0.25) is 9.59 Å². The van der Waals surface area contributed by atoms with Crippen molar-refractivity contribution >= 4 is 11.9 Å². The maximum absolute atomic E-state index is 13.3. The van der Waals surface area contributed by atoms with E-state index in [0.717, 1.165) is 88.7 Å². The van der Waals surface area contributed by atoms with E-state index < -0.39 is 11.7 Å². The number of hydrogen-bond donors (Lipinski definition) is 1. The van der Waals surface area contributed by atoms with Gasteiger partial charge in [0, 0.05) is 30.1 Å². The first kappa shape index (κ1) is 35.2. The second-order valence-electron chi connectivity index (χ2n) is 12.7. The Morgan fingerprint density at radius 1 is 0.848 bits per heavy atom. The third-order valence-electron chi connectivity index (χ3n) is 9.09. The van der Waals surface area contributed by atoms with Crippen LogP contribution in [0.3, 0.4) is 0 Å². The van der Waals surface area contributed by atoms with Gasteiger partial charge in [-0.05, 0) is 73.5 Å². The van der Waals surface area contributed by atoms with Crippen molar-refractivity contribution in [3.63, 3.8) is 0 Å². The summed E-state index contributed by atoms with van der Waals surface area (Å²) in [7, 11) is 0. The molecule has 5 nitrogen and oxygen atoms in total. The quantitative estimate of drug-likeness (QED) is 0.134. The fourth-order valence-electron chi connectivity index (χ4n) is 6.29. The molecule has 8 heteroatoms. The summed E-state index contributed by atoms with van der Waals surface area (Å²) in [6.45, 7) is 7.42. The molecule has 1 N–H and O–H groups in total. The Bertz CT molecular complexity index is 1390. The van der Waals surface area contributed by atoms with Crippen molar-refractivity contribution in [1.82, 2.24) is 10.2 Å². The molecular formula is C38H47F3N2O3. The number of piperidine rings is 1. The molecule has 4 rings (SSSR count). The fraction of sp³-hybridized carbons (Fsp3) is 0.474. The second kappa shape index (κ2) is 16.8. The van der Waals surface area contributed by atoms with E-state index >= 15 is 0 Å². The number of nitrogens with zero attached hydrogens (tertiary/aromatic N) is 1. The van der Waals surface area contributed by atoms with E-state index in [1.807, 2.05) is 18.2 Å². The Balaban J connectivity index is 1.27. The minimum atomic E-state index is -4.41. The van der Waals surface area contributed by atoms with Gasteiger partial charge in [-0.25, -0.2) is 0 Å². The van der Waals surface area contributed by atoms with Gasteiger partial charge in [-0.1, -0.05) is 93.8 Å². The van der Waals surface area contributed by atoms with Crippen LogP contribution in [0.1, 0.15) is 93.1 Å². The number of esters is 1. The molecular weight excluding hydrogens is 589 g/mol. The first-order chi connectivity index (χ1) is 22.1. The number of hydrogen-bond acceptors (Lipinski definition) is 4. The molecule has 3 aromatic carbocycles. The predicted octanol–water partition coefficient (Wildman–Crippen LogP) is 8.82. The van der Waals surface area contributed by atoms with Gasteiger partial charge in [-0.2, -0.15) is 13.2 Å². The topological polar surface area (TPSA) is 58.6 Å². The Labute approximate surface area is 271 Å². The monoisotopic (exact) mass is 636 g/mol. The standard InChI is InChI=1S/C38H47F3N2O3/c1-3-4-5-11-27-46-35(44)28-37(2,30-13-7-6-8-14-30)23-12-24-43-25-21-32(22-26-43)42-36(45)34-16-10-9-15-33(34)29-17-19-31(20-18-29)38(39,40)41/h6-10,13-20,32H,3-5,11-12,21-28H2,1-2H3,(H,42,45). The third-order valence-corrected chi connectivity index (χ3v) is 9.09. The zero-order valence-corrected chi connectivity index (χ0v) is 27.1. The predicted molar refractivity (Wildman–Crippen MR) is 177 cm³/mol. The number of benzene rings is 3. The fourth-order valence-corrected chi connectivity index (χ4v) is 6.29. The first-order valence-corrected chi connectivity index (χ1v) is 16.6. The minimum absolute atomic E-state index is 0.0195. The van der Waals surface area contributed by atoms with E-state index in [1.165, 1.54) is 12.1 Å². The molecule has 46 heavy (non-hydrogen) atoms. The van der Waals surface area contributed by atoms with Crippen LogP contribution in [0.4, 0.5) is 13.2 Å². The highest BCUT2D eigenvalue weighted by atomic mass is 19.4. The molecule has 1 aliphatic rings. The van der Waals surface area contributed by atoms with Crippen molar-refractivity contribution in [2.75, 3.05) is 26.2 Å². The lowest BCUT2D eigenvalue weighted by molar-refractivity contribution is -0.145. The summed E-state index contributed by atoms with van der Waals surface area (Å²) in [5, 5.41) is 3.16. The average Bonchev–Trinajstić information content (AvgIpc) is 3.05. The third kappa shape index (κ3) is 10.2. The van der Waals surface area contributed by atoms with Crippen LogP contribution in [0, 0.1) is 0 Å². The number of nitrogens with one attached hydrogen (secondary N) is 1. The molecule has 0 saturated carbocycles. The number of carbonyl (C=O) groups is 2. The van der Waals surface area contributed by atoms with Crippen LogP contribution < -0.4 is 5.32 Å². The Morgan fingerprint density at radius 2 is 1.52 bits per heavy atom. The largest absolute Gasteiger partial charge is 0.466 e. The number of halogens is 3. The molecule has 0 radical (unpaired) electrons. The summed E-state index contributed by atoms with van der Waals surface area (Å²) in [6.07, 6.45) is 3.66. The van der Waals surface area contributed by atoms with Gasteiger partial charge in [0.15, 0.2) is 0 Å². The number of likely N-dealkylation sites (tertiary alicyclic amines) is 1. The van der Waals surface area contributed by atoms with E-state index in [-0.39, 0.29) is 23.3 Å². The average molecular weight is 637 g/mol. The number of ether oxygens (including phenoxy) is 1. The van der Waals surface area contributed by atoms with Gasteiger partial charge >= 0.3 is 12.1 Å². The maximum Gasteiger partial charge on any atom is 0.416 e. The first-order valence-electron chi connectivity index (χ1n) is 16.6. The Hall–Kier alpha value is -3.65. The lowest BCUT2D eigenvalue weighted by atomic mass is 9.76. The molecule has 248 valence electrons. The zero-order valence-electron chi connectivity index (χ0n) is 27.1. The van der Waals surface area contributed by atoms with Crippen LogP contribution in [0.2, 0.25) is 0 Å². The van der Waals surface area contributed by atoms with Crippen LogP contribution in [0.5, 0.6) is 0 Å². The van der Waals surface area contributed by atoms with Crippen molar-refractivity contribution in [2.45, 2.75) is 89.3 Å². The van der Waals surface area contributed by atoms with E-state index in [1.54, 1.807) is 24.3 Å². The van der Waals surface area contributed by atoms with Crippen molar-refractivity contribution in [2.24, 2.45) is 0 Å². The van der Waals surface area contributed by atoms with Crippen LogP contribution >= 0.6 is 0 Å². The molecule has 0 bridgehead atoms. The number of unbranched alkanes of at least 4 members (excludes halogenated alkanes) is 3. The SMILES string of the molecule is CCCCCCOC(=O)CC(C)(CCCN1CCC(NC(=O)c2ccccc2-c2ccc(C(F)(F)F)cc2)CC1)c1ccccc1. The van der Waals surface area contributed by atoms with E-state index in [0.29, 0.717) is 29.7 Å². The van der Waals surface area contributed by atoms with Crippen molar-refractivity contribution in [3.05, 3.63) is 95.6 Å². The van der Waals surface area contributed by atoms with Crippen LogP contribution in [-0.4, -0.2) is 49.1 Å². The zero-order chi connectivity index (χ0) is 33.0. The van der Waals surface area contributed by atoms with Crippen LogP contribution in [0.15, 0.2) is 78.9 Å². The molecule has 1 amide bonds. The van der Waals surface area contributed by atoms with E-state index in [2.05, 4.69) is 36.2 Å². The highest BCUT2D eigenvalue weighted by Crippen LogP contribution is 2.34. The molecule has 0 aliphatic carbocycles. The van der Waals surface area contributed by atoms with Crippen molar-refractivity contribution < 1.29 is 27.5 Å². The molecule has 0 aromatic heterocycles. The lowest BCUT2D eigenvalue weighted by Gasteiger charge is -2.34. The van der Waals surface area contributed by atoms with Gasteiger partial charge in [-0.15, -0.1) is 0 Å². The normalized spacial score (nSPS) is 15.7. The van der Waals surface area contributed by atoms with Crippen molar-refractivity contribution in [1.29, 1.82) is 0 Å². The van der Waals surface area contributed by atoms with Gasteiger partial charge in [0.2, 0.25) is 0 Å². The number of alkyl halides is 3. The van der Waals surface area contributed by atoms with Crippen LogP contribution in [0.25, 0.3) is 11.1 Å². The number of carbonyl (C=O) groups excluding carboxylic acids is 2. The molecule has 1 unspecified atom stereocenters. The van der Waals surface area contributed by atoms with E-state index in [9.17, 15) is 22.8 Å². The number of rotatable bonds is 15.